The molecule has 2 N–H and O–H groups in total. The van der Waals surface area contributed by atoms with Gasteiger partial charge in [-0.3, -0.25) is 0 Å². The average Bonchev–Trinajstić information content (AvgIpc) is 2.72. The largest absolute Gasteiger partial charge is 0.496 e. The number of hydrogen-bond donors (Lipinski definition) is 2. The third-order valence-electron chi connectivity index (χ3n) is 2.69. The van der Waals surface area contributed by atoms with E-state index >= 15 is 0 Å². The van der Waals surface area contributed by atoms with Crippen LogP contribution in [0.25, 0.3) is 10.9 Å². The van der Waals surface area contributed by atoms with E-state index in [1.807, 2.05) is 25.4 Å². The van der Waals surface area contributed by atoms with Crippen LogP contribution in [0.4, 0.5) is 0 Å². The van der Waals surface area contributed by atoms with Gasteiger partial charge < -0.3 is 15.0 Å². The predicted molar refractivity (Wildman–Crippen MR) is 67.5 cm³/mol. The number of likely N-dealkylation sites (N-methyl/N-ethyl adjacent to an activating group) is 1. The normalized spacial score (nSPS) is 10.9. The summed E-state index contributed by atoms with van der Waals surface area (Å²) in [4.78, 5) is 3.20. The Hall–Kier alpha value is -1.19. The molecule has 0 amide bonds. The average molecular weight is 239 g/mol. The minimum atomic E-state index is 0.728. The first-order valence-corrected chi connectivity index (χ1v) is 5.62. The van der Waals surface area contributed by atoms with Crippen LogP contribution >= 0.6 is 11.6 Å². The molecule has 1 aromatic carbocycles. The molecule has 0 saturated carbocycles. The second-order valence-corrected chi connectivity index (χ2v) is 4.07. The zero-order chi connectivity index (χ0) is 11.5. The molecule has 0 bridgehead atoms. The molecule has 0 spiro atoms. The number of hydrogen-bond acceptors (Lipinski definition) is 2. The van der Waals surface area contributed by atoms with Gasteiger partial charge in [-0.1, -0.05) is 11.6 Å². The molecule has 86 valence electrons. The fourth-order valence-corrected chi connectivity index (χ4v) is 2.09. The Kier molecular flexibility index (Phi) is 3.36. The molecule has 3 nitrogen and oxygen atoms in total. The molecule has 2 aromatic rings. The second kappa shape index (κ2) is 4.76. The van der Waals surface area contributed by atoms with Gasteiger partial charge in [0.1, 0.15) is 5.75 Å². The molecule has 0 radical (unpaired) electrons. The van der Waals surface area contributed by atoms with Crippen molar-refractivity contribution in [2.24, 2.45) is 0 Å². The minimum absolute atomic E-state index is 0.728. The molecule has 0 unspecified atom stereocenters. The fourth-order valence-electron chi connectivity index (χ4n) is 1.88. The van der Waals surface area contributed by atoms with Gasteiger partial charge in [-0.2, -0.15) is 0 Å². The zero-order valence-corrected chi connectivity index (χ0v) is 10.2. The number of halogens is 1. The number of ether oxygens (including phenoxy) is 1. The van der Waals surface area contributed by atoms with Crippen LogP contribution in [0.3, 0.4) is 0 Å². The van der Waals surface area contributed by atoms with Crippen molar-refractivity contribution < 1.29 is 4.74 Å². The lowest BCUT2D eigenvalue weighted by Gasteiger charge is -2.05. The molecular weight excluding hydrogens is 224 g/mol. The highest BCUT2D eigenvalue weighted by Crippen LogP contribution is 2.33. The molecule has 4 heteroatoms. The summed E-state index contributed by atoms with van der Waals surface area (Å²) in [6.45, 7) is 0.933. The molecule has 0 fully saturated rings. The molecule has 1 aromatic heterocycles. The first kappa shape index (κ1) is 11.3. The van der Waals surface area contributed by atoms with Gasteiger partial charge in [0.25, 0.3) is 0 Å². The van der Waals surface area contributed by atoms with Crippen molar-refractivity contribution in [3.8, 4) is 5.75 Å². The first-order chi connectivity index (χ1) is 7.77. The van der Waals surface area contributed by atoms with Gasteiger partial charge >= 0.3 is 0 Å². The number of fused-ring (bicyclic) bond motifs is 1. The minimum Gasteiger partial charge on any atom is -0.496 e. The fraction of sp³-hybridized carbons (Fsp3) is 0.333. The van der Waals surface area contributed by atoms with Gasteiger partial charge in [-0.05, 0) is 37.7 Å². The van der Waals surface area contributed by atoms with E-state index < -0.39 is 0 Å². The van der Waals surface area contributed by atoms with Gasteiger partial charge in [0, 0.05) is 11.6 Å². The molecule has 0 saturated heterocycles. The lowest BCUT2D eigenvalue weighted by molar-refractivity contribution is 0.419. The van der Waals surface area contributed by atoms with Crippen LogP contribution < -0.4 is 10.1 Å². The molecule has 0 aliphatic carbocycles. The summed E-state index contributed by atoms with van der Waals surface area (Å²) < 4.78 is 5.36. The molecule has 16 heavy (non-hydrogen) atoms. The molecular formula is C12H15ClN2O. The van der Waals surface area contributed by atoms with Crippen molar-refractivity contribution >= 4 is 22.5 Å². The maximum Gasteiger partial charge on any atom is 0.128 e. The van der Waals surface area contributed by atoms with Crippen molar-refractivity contribution in [2.45, 2.75) is 6.42 Å². The third kappa shape index (κ3) is 1.88. The summed E-state index contributed by atoms with van der Waals surface area (Å²) in [5, 5.41) is 4.95. The van der Waals surface area contributed by atoms with Crippen molar-refractivity contribution in [1.82, 2.24) is 10.3 Å². The number of aromatic nitrogens is 1. The van der Waals surface area contributed by atoms with Gasteiger partial charge in [0.2, 0.25) is 0 Å². The van der Waals surface area contributed by atoms with E-state index in [1.165, 1.54) is 5.56 Å². The van der Waals surface area contributed by atoms with E-state index in [4.69, 9.17) is 16.3 Å². The second-order valence-electron chi connectivity index (χ2n) is 3.67. The molecule has 0 aliphatic rings. The number of aromatic amines is 1. The summed E-state index contributed by atoms with van der Waals surface area (Å²) in [5.74, 6) is 0.867. The Bertz CT molecular complexity index is 493. The summed E-state index contributed by atoms with van der Waals surface area (Å²) in [5.41, 5.74) is 2.18. The molecule has 0 aliphatic heterocycles. The van der Waals surface area contributed by atoms with Crippen LogP contribution in [0.2, 0.25) is 5.02 Å². The summed E-state index contributed by atoms with van der Waals surface area (Å²) >= 11 is 6.13. The smallest absolute Gasteiger partial charge is 0.128 e. The molecule has 1 heterocycles. The standard InChI is InChI=1S/C12H15ClN2O/c1-14-6-5-8-7-15-12-9(13)3-4-10(16-2)11(8)12/h3-4,7,14-15H,5-6H2,1-2H3. The van der Waals surface area contributed by atoms with Crippen molar-refractivity contribution in [1.29, 1.82) is 0 Å². The van der Waals surface area contributed by atoms with Gasteiger partial charge in [-0.15, -0.1) is 0 Å². The van der Waals surface area contributed by atoms with Crippen molar-refractivity contribution in [2.75, 3.05) is 20.7 Å². The summed E-state index contributed by atoms with van der Waals surface area (Å²) in [6, 6.07) is 3.75. The highest BCUT2D eigenvalue weighted by Gasteiger charge is 2.11. The third-order valence-corrected chi connectivity index (χ3v) is 3.01. The van der Waals surface area contributed by atoms with Crippen LogP contribution in [0.5, 0.6) is 5.75 Å². The van der Waals surface area contributed by atoms with E-state index in [1.54, 1.807) is 7.11 Å². The molecule has 0 atom stereocenters. The van der Waals surface area contributed by atoms with Crippen LogP contribution in [-0.4, -0.2) is 25.7 Å². The Morgan fingerprint density at radius 2 is 2.25 bits per heavy atom. The highest BCUT2D eigenvalue weighted by molar-refractivity contribution is 6.35. The topological polar surface area (TPSA) is 37.0 Å². The van der Waals surface area contributed by atoms with Crippen LogP contribution in [0.1, 0.15) is 5.56 Å². The Morgan fingerprint density at radius 3 is 2.94 bits per heavy atom. The van der Waals surface area contributed by atoms with Gasteiger partial charge in [0.05, 0.1) is 17.6 Å². The summed E-state index contributed by atoms with van der Waals surface area (Å²) in [7, 11) is 3.62. The van der Waals surface area contributed by atoms with E-state index in [2.05, 4.69) is 10.3 Å². The van der Waals surface area contributed by atoms with Crippen molar-refractivity contribution in [3.63, 3.8) is 0 Å². The summed E-state index contributed by atoms with van der Waals surface area (Å²) in [6.07, 6.45) is 2.95. The van der Waals surface area contributed by atoms with E-state index in [9.17, 15) is 0 Å². The SMILES string of the molecule is CNCCc1c[nH]c2c(Cl)ccc(OC)c12. The number of rotatable bonds is 4. The Morgan fingerprint density at radius 1 is 1.44 bits per heavy atom. The highest BCUT2D eigenvalue weighted by atomic mass is 35.5. The maximum absolute atomic E-state index is 6.13. The monoisotopic (exact) mass is 238 g/mol. The quantitative estimate of drug-likeness (QED) is 0.859. The van der Waals surface area contributed by atoms with Gasteiger partial charge in [0.15, 0.2) is 0 Å². The van der Waals surface area contributed by atoms with Gasteiger partial charge in [-0.25, -0.2) is 0 Å². The first-order valence-electron chi connectivity index (χ1n) is 5.25. The Labute approximate surface area is 99.7 Å². The van der Waals surface area contributed by atoms with Crippen LogP contribution in [-0.2, 0) is 6.42 Å². The van der Waals surface area contributed by atoms with Crippen LogP contribution in [0, 0.1) is 0 Å². The van der Waals surface area contributed by atoms with Crippen molar-refractivity contribution in [3.05, 3.63) is 28.9 Å². The lowest BCUT2D eigenvalue weighted by atomic mass is 10.1. The van der Waals surface area contributed by atoms with E-state index in [0.717, 1.165) is 34.6 Å². The predicted octanol–water partition coefficient (Wildman–Crippen LogP) is 2.59. The Balaban J connectivity index is 2.54. The number of benzene rings is 1. The number of H-pyrrole nitrogens is 1. The number of nitrogens with one attached hydrogen (secondary N) is 2. The van der Waals surface area contributed by atoms with Crippen LogP contribution in [0.15, 0.2) is 18.3 Å². The molecule has 2 rings (SSSR count). The van der Waals surface area contributed by atoms with E-state index in [-0.39, 0.29) is 0 Å². The zero-order valence-electron chi connectivity index (χ0n) is 9.43. The maximum atomic E-state index is 6.13. The number of methoxy groups -OCH3 is 1. The lowest BCUT2D eigenvalue weighted by Crippen LogP contribution is -2.10. The van der Waals surface area contributed by atoms with E-state index in [0.29, 0.717) is 0 Å².